The van der Waals surface area contributed by atoms with E-state index in [1.165, 1.54) is 0 Å². The van der Waals surface area contributed by atoms with Crippen molar-refractivity contribution in [3.05, 3.63) is 21.8 Å². The number of esters is 1. The van der Waals surface area contributed by atoms with Gasteiger partial charge in [0, 0.05) is 50.9 Å². The lowest BCUT2D eigenvalue weighted by atomic mass is 9.77. The Kier molecular flexibility index (Phi) is 17.5. The number of hydrogen-bond acceptors (Lipinski definition) is 12. The van der Waals surface area contributed by atoms with E-state index in [0.717, 1.165) is 19.3 Å². The van der Waals surface area contributed by atoms with E-state index in [9.17, 15) is 19.3 Å². The number of methoxy groups -OCH3 is 1. The first-order valence-corrected chi connectivity index (χ1v) is 21.2. The van der Waals surface area contributed by atoms with Gasteiger partial charge in [0.05, 0.1) is 35.5 Å². The summed E-state index contributed by atoms with van der Waals surface area (Å²) in [6, 6.07) is -0.383. The highest BCUT2D eigenvalue weighted by Crippen LogP contribution is 2.43. The Hall–Kier alpha value is -2.51. The molecule has 0 spiro atoms. The van der Waals surface area contributed by atoms with Gasteiger partial charge >= 0.3 is 12.1 Å². The van der Waals surface area contributed by atoms with Crippen LogP contribution in [0.5, 0.6) is 0 Å². The number of carbonyl (C=O) groups excluding carboxylic acids is 2. The van der Waals surface area contributed by atoms with Crippen LogP contribution in [0.15, 0.2) is 16.4 Å². The molecule has 3 heterocycles. The third-order valence-corrected chi connectivity index (χ3v) is 12.9. The normalized spacial score (nSPS) is 30.5. The van der Waals surface area contributed by atoms with E-state index < -0.39 is 59.1 Å². The lowest BCUT2D eigenvalue weighted by Gasteiger charge is -2.47. The summed E-state index contributed by atoms with van der Waals surface area (Å²) in [6.07, 6.45) is 2.58. The van der Waals surface area contributed by atoms with Crippen LogP contribution < -0.4 is 0 Å². The molecule has 3 rings (SSSR count). The van der Waals surface area contributed by atoms with Gasteiger partial charge < -0.3 is 43.3 Å². The van der Waals surface area contributed by atoms with Crippen LogP contribution in [0.3, 0.4) is 0 Å². The number of azide groups is 1. The van der Waals surface area contributed by atoms with E-state index in [-0.39, 0.29) is 38.5 Å². The smallest absolute Gasteiger partial charge is 0.410 e. The number of cyclic esters (lactones) is 2. The summed E-state index contributed by atoms with van der Waals surface area (Å²) in [4.78, 5) is 32.8. The van der Waals surface area contributed by atoms with Crippen LogP contribution in [0, 0.1) is 17.8 Å². The highest BCUT2D eigenvalue weighted by molar-refractivity contribution is 7.25. The van der Waals surface area contributed by atoms with E-state index >= 15 is 0 Å². The van der Waals surface area contributed by atoms with Gasteiger partial charge in [0.2, 0.25) is 5.79 Å². The van der Waals surface area contributed by atoms with Gasteiger partial charge in [0.1, 0.15) is 11.4 Å². The van der Waals surface area contributed by atoms with Crippen molar-refractivity contribution < 1.29 is 47.7 Å². The molecule has 56 heavy (non-hydrogen) atoms. The van der Waals surface area contributed by atoms with Crippen LogP contribution in [-0.4, -0.2) is 121 Å². The van der Waals surface area contributed by atoms with Crippen LogP contribution in [-0.2, 0) is 37.8 Å². The van der Waals surface area contributed by atoms with E-state index in [1.807, 2.05) is 48.7 Å². The molecule has 0 aliphatic carbocycles. The largest absolute Gasteiger partial charge is 0.456 e. The molecule has 1 N–H and O–H groups in total. The van der Waals surface area contributed by atoms with Gasteiger partial charge in [-0.1, -0.05) is 45.7 Å². The molecule has 1 amide bonds. The van der Waals surface area contributed by atoms with Crippen molar-refractivity contribution in [3.63, 3.8) is 0 Å². The molecule has 0 saturated carbocycles. The van der Waals surface area contributed by atoms with E-state index in [4.69, 9.17) is 34.0 Å². The third-order valence-electron chi connectivity index (χ3n) is 12.1. The topological polar surface area (TPSA) is 182 Å². The first-order chi connectivity index (χ1) is 26.2. The van der Waals surface area contributed by atoms with Crippen LogP contribution >= 0.6 is 8.46 Å². The number of amides is 1. The van der Waals surface area contributed by atoms with Crippen LogP contribution in [0.2, 0.25) is 0 Å². The second-order valence-electron chi connectivity index (χ2n) is 17.4. The van der Waals surface area contributed by atoms with Crippen molar-refractivity contribution in [2.75, 3.05) is 34.3 Å². The van der Waals surface area contributed by atoms with E-state index in [0.29, 0.717) is 56.5 Å². The number of aliphatic hydroxyl groups is 1. The maximum absolute atomic E-state index is 13.2. The van der Waals surface area contributed by atoms with E-state index in [1.54, 1.807) is 32.8 Å². The number of rotatable bonds is 22. The fourth-order valence-electron chi connectivity index (χ4n) is 9.11. The Balaban J connectivity index is 1.86. The maximum Gasteiger partial charge on any atom is 0.410 e. The lowest BCUT2D eigenvalue weighted by molar-refractivity contribution is -0.266. The average molecular weight is 812 g/mol. The predicted octanol–water partition coefficient (Wildman–Crippen LogP) is 8.00. The van der Waals surface area contributed by atoms with Crippen LogP contribution in [0.1, 0.15) is 121 Å². The molecule has 15 nitrogen and oxygen atoms in total. The summed E-state index contributed by atoms with van der Waals surface area (Å²) in [5.74, 6) is -1.51. The van der Waals surface area contributed by atoms with Gasteiger partial charge in [-0.25, -0.2) is 9.59 Å². The molecule has 2 saturated heterocycles. The first-order valence-electron chi connectivity index (χ1n) is 20.4. The van der Waals surface area contributed by atoms with Crippen LogP contribution in [0.25, 0.3) is 10.4 Å². The predicted molar refractivity (Wildman–Crippen MR) is 213 cm³/mol. The number of hydrogen-bond donors (Lipinski definition) is 1. The molecule has 2 fully saturated rings. The SMILES string of the molecule is CC[C@@H](O)[C@@]1(C)OC(=O)N(CCCCN=[N+]=[N-])[C@@H]1[C@@H](C)CCC[C@H](C)C[C@@](C)(OC)[C@H](O[C@@H]1OC(C)CC(N(C)C)C1P=O)[C@@H](C)C1=C(C)C(=O)OC(C)(C)O1. The van der Waals surface area contributed by atoms with E-state index in [2.05, 4.69) is 28.8 Å². The monoisotopic (exact) mass is 811 g/mol. The second kappa shape index (κ2) is 20.5. The molecule has 0 radical (unpaired) electrons. The highest BCUT2D eigenvalue weighted by atomic mass is 31.1. The van der Waals surface area contributed by atoms with Gasteiger partial charge in [-0.2, -0.15) is 0 Å². The molecule has 0 aromatic rings. The molecule has 0 bridgehead atoms. The molecule has 0 aromatic carbocycles. The Morgan fingerprint density at radius 3 is 2.39 bits per heavy atom. The minimum atomic E-state index is -1.18. The van der Waals surface area contributed by atoms with Gasteiger partial charge in [-0.05, 0) is 97.7 Å². The average Bonchev–Trinajstić information content (AvgIpc) is 3.39. The van der Waals surface area contributed by atoms with Crippen molar-refractivity contribution in [3.8, 4) is 0 Å². The zero-order valence-corrected chi connectivity index (χ0v) is 37.0. The summed E-state index contributed by atoms with van der Waals surface area (Å²) < 4.78 is 50.2. The molecule has 3 aliphatic heterocycles. The highest BCUT2D eigenvalue weighted by Gasteiger charge is 2.56. The van der Waals surface area contributed by atoms with Crippen molar-refractivity contribution >= 4 is 20.5 Å². The molecule has 3 unspecified atom stereocenters. The fourth-order valence-corrected chi connectivity index (χ4v) is 9.88. The molecule has 16 heteroatoms. The summed E-state index contributed by atoms with van der Waals surface area (Å²) >= 11 is 0. The van der Waals surface area contributed by atoms with Crippen molar-refractivity contribution in [2.24, 2.45) is 22.9 Å². The van der Waals surface area contributed by atoms with Crippen molar-refractivity contribution in [1.82, 2.24) is 9.80 Å². The number of aliphatic hydroxyl groups excluding tert-OH is 1. The molecule has 0 aromatic heterocycles. The molecular formula is C40H70N5O10P. The first kappa shape index (κ1) is 47.9. The summed E-state index contributed by atoms with van der Waals surface area (Å²) in [6.45, 7) is 19.8. The number of unbranched alkanes of at least 4 members (excludes halogenated alkanes) is 1. The minimum Gasteiger partial charge on any atom is -0.456 e. The number of carbonyl (C=O) groups is 2. The van der Waals surface area contributed by atoms with Crippen molar-refractivity contribution in [1.29, 1.82) is 0 Å². The number of nitrogens with zero attached hydrogens (tertiary/aromatic N) is 5. The van der Waals surface area contributed by atoms with Crippen molar-refractivity contribution in [2.45, 2.75) is 180 Å². The zero-order chi connectivity index (χ0) is 42.2. The standard InChI is InChI=1S/C40H70N5O10P/c1-14-30(46)40(10)33(45(37(48)55-40)21-16-15-20-42-43-41)25(3)19-17-18-24(2)23-39(9,50-13)34(27(5)31-28(6)35(47)54-38(7,8)53-31)52-36-32(56-49)29(44(11)12)22-26(4)51-36/h24-27,29-30,32-34,36,46H,14-23H2,1-13H3/t24-,25-,26?,27-,29?,30+,32?,33+,34+,36-,39+,40+/m0/s1. The summed E-state index contributed by atoms with van der Waals surface area (Å²) in [5, 5.41) is 14.7. The fraction of sp³-hybridized carbons (Fsp3) is 0.900. The summed E-state index contributed by atoms with van der Waals surface area (Å²) in [7, 11) is 5.50. The Morgan fingerprint density at radius 1 is 1.12 bits per heavy atom. The number of ether oxygens (including phenoxy) is 6. The zero-order valence-electron chi connectivity index (χ0n) is 36.1. The van der Waals surface area contributed by atoms with Gasteiger partial charge in [0.25, 0.3) is 0 Å². The Bertz CT molecular complexity index is 1430. The van der Waals surface area contributed by atoms with Crippen LogP contribution in [0.4, 0.5) is 4.79 Å². The third kappa shape index (κ3) is 11.4. The van der Waals surface area contributed by atoms with Gasteiger partial charge in [-0.15, -0.1) is 0 Å². The quantitative estimate of drug-likeness (QED) is 0.0279. The van der Waals surface area contributed by atoms with Gasteiger partial charge in [0.15, 0.2) is 20.4 Å². The lowest BCUT2D eigenvalue weighted by Crippen LogP contribution is -2.57. The minimum absolute atomic E-state index is 0.0154. The van der Waals surface area contributed by atoms with Gasteiger partial charge in [-0.3, -0.25) is 4.57 Å². The molecule has 3 aliphatic rings. The molecule has 12 atom stereocenters. The molecule has 320 valence electrons. The second-order valence-corrected chi connectivity index (χ2v) is 18.2. The summed E-state index contributed by atoms with van der Waals surface area (Å²) in [5.41, 5.74) is 6.57. The molecular weight excluding hydrogens is 741 g/mol. The Morgan fingerprint density at radius 2 is 1.80 bits per heavy atom. The maximum atomic E-state index is 13.2. The Labute approximate surface area is 336 Å².